The van der Waals surface area contributed by atoms with Crippen molar-refractivity contribution in [1.82, 2.24) is 9.88 Å². The van der Waals surface area contributed by atoms with Gasteiger partial charge in [-0.15, -0.1) is 0 Å². The Labute approximate surface area is 109 Å². The molecule has 3 nitrogen and oxygen atoms in total. The van der Waals surface area contributed by atoms with Crippen LogP contribution in [0.25, 0.3) is 0 Å². The molecule has 0 radical (unpaired) electrons. The number of pyridine rings is 1. The van der Waals surface area contributed by atoms with Crippen LogP contribution in [0, 0.1) is 0 Å². The van der Waals surface area contributed by atoms with Gasteiger partial charge in [-0.2, -0.15) is 0 Å². The van der Waals surface area contributed by atoms with Gasteiger partial charge in [-0.05, 0) is 37.4 Å². The molecule has 1 aromatic rings. The molecule has 1 saturated heterocycles. The molecule has 18 heavy (non-hydrogen) atoms. The van der Waals surface area contributed by atoms with Crippen LogP contribution in [0.3, 0.4) is 0 Å². The van der Waals surface area contributed by atoms with Crippen LogP contribution in [0.1, 0.15) is 49.4 Å². The van der Waals surface area contributed by atoms with Crippen molar-refractivity contribution in [3.63, 3.8) is 0 Å². The molecule has 2 aliphatic heterocycles. The number of nitrogens with zero attached hydrogens (tertiary/aromatic N) is 2. The molecule has 0 amide bonds. The molecule has 0 bridgehead atoms. The van der Waals surface area contributed by atoms with Crippen molar-refractivity contribution in [3.05, 3.63) is 29.1 Å². The number of likely N-dealkylation sites (tertiary alicyclic amines) is 1. The molecule has 98 valence electrons. The van der Waals surface area contributed by atoms with E-state index in [1.807, 2.05) is 6.20 Å². The van der Waals surface area contributed by atoms with E-state index in [2.05, 4.69) is 36.8 Å². The number of hydrogen-bond acceptors (Lipinski definition) is 3. The smallest absolute Gasteiger partial charge is 0.0964 e. The third-order valence-electron chi connectivity index (χ3n) is 4.39. The first-order valence-corrected chi connectivity index (χ1v) is 6.92. The Morgan fingerprint density at radius 1 is 1.33 bits per heavy atom. The van der Waals surface area contributed by atoms with E-state index in [-0.39, 0.29) is 5.60 Å². The monoisotopic (exact) mass is 246 g/mol. The van der Waals surface area contributed by atoms with Crippen LogP contribution in [0.5, 0.6) is 0 Å². The minimum Gasteiger partial charge on any atom is -0.365 e. The Kier molecular flexibility index (Phi) is 2.91. The second kappa shape index (κ2) is 4.32. The number of aromatic nitrogens is 1. The third kappa shape index (κ3) is 1.86. The fraction of sp³-hybridized carbons (Fsp3) is 0.667. The maximum Gasteiger partial charge on any atom is 0.0964 e. The van der Waals surface area contributed by atoms with E-state index in [4.69, 9.17) is 4.74 Å². The predicted octanol–water partition coefficient (Wildman–Crippen LogP) is 2.66. The normalized spacial score (nSPS) is 22.7. The highest BCUT2D eigenvalue weighted by molar-refractivity contribution is 5.36. The number of fused-ring (bicyclic) bond motifs is 2. The van der Waals surface area contributed by atoms with Crippen molar-refractivity contribution in [2.24, 2.45) is 0 Å². The van der Waals surface area contributed by atoms with E-state index in [0.717, 1.165) is 32.5 Å². The first kappa shape index (κ1) is 12.1. The summed E-state index contributed by atoms with van der Waals surface area (Å²) in [5.74, 6) is 0.485. The Balaban J connectivity index is 1.97. The predicted molar refractivity (Wildman–Crippen MR) is 71.5 cm³/mol. The van der Waals surface area contributed by atoms with Gasteiger partial charge in [0.05, 0.1) is 12.2 Å². The van der Waals surface area contributed by atoms with Crippen molar-refractivity contribution in [3.8, 4) is 0 Å². The van der Waals surface area contributed by atoms with Gasteiger partial charge in [0.15, 0.2) is 0 Å². The lowest BCUT2D eigenvalue weighted by Crippen LogP contribution is -2.40. The van der Waals surface area contributed by atoms with Crippen LogP contribution in [-0.2, 0) is 16.9 Å². The molecular weight excluding hydrogens is 224 g/mol. The summed E-state index contributed by atoms with van der Waals surface area (Å²) in [6.07, 6.45) is 4.24. The second-order valence-electron chi connectivity index (χ2n) is 6.01. The molecule has 0 unspecified atom stereocenters. The lowest BCUT2D eigenvalue weighted by Gasteiger charge is -2.37. The van der Waals surface area contributed by atoms with Gasteiger partial charge in [0.2, 0.25) is 0 Å². The highest BCUT2D eigenvalue weighted by atomic mass is 16.5. The maximum atomic E-state index is 6.17. The van der Waals surface area contributed by atoms with Gasteiger partial charge in [-0.1, -0.05) is 13.8 Å². The summed E-state index contributed by atoms with van der Waals surface area (Å²) in [4.78, 5) is 6.94. The van der Waals surface area contributed by atoms with Crippen molar-refractivity contribution in [1.29, 1.82) is 0 Å². The lowest BCUT2D eigenvalue weighted by atomic mass is 9.83. The molecule has 1 aromatic heterocycles. The highest BCUT2D eigenvalue weighted by Crippen LogP contribution is 2.44. The topological polar surface area (TPSA) is 25.4 Å². The van der Waals surface area contributed by atoms with Gasteiger partial charge in [-0.3, -0.25) is 4.98 Å². The van der Waals surface area contributed by atoms with Gasteiger partial charge in [0.25, 0.3) is 0 Å². The molecule has 1 spiro atoms. The number of ether oxygens (including phenoxy) is 1. The molecule has 0 saturated carbocycles. The van der Waals surface area contributed by atoms with Gasteiger partial charge in [0.1, 0.15) is 0 Å². The molecule has 0 atom stereocenters. The quantitative estimate of drug-likeness (QED) is 0.761. The van der Waals surface area contributed by atoms with Crippen LogP contribution in [0.2, 0.25) is 0 Å². The van der Waals surface area contributed by atoms with Gasteiger partial charge < -0.3 is 9.64 Å². The summed E-state index contributed by atoms with van der Waals surface area (Å²) in [5.41, 5.74) is 3.88. The number of hydrogen-bond donors (Lipinski definition) is 0. The minimum absolute atomic E-state index is 0.0194. The second-order valence-corrected chi connectivity index (χ2v) is 6.01. The SMILES string of the molecule is CC(C)c1cc2c(cn1)COC21CCN(C)CC1. The maximum absolute atomic E-state index is 6.17. The average Bonchev–Trinajstić information content (AvgIpc) is 2.72. The van der Waals surface area contributed by atoms with E-state index in [1.54, 1.807) is 0 Å². The zero-order chi connectivity index (χ0) is 12.8. The molecule has 3 rings (SSSR count). The van der Waals surface area contributed by atoms with Crippen molar-refractivity contribution in [2.75, 3.05) is 20.1 Å². The third-order valence-corrected chi connectivity index (χ3v) is 4.39. The molecule has 0 aliphatic carbocycles. The molecule has 0 N–H and O–H groups in total. The Morgan fingerprint density at radius 2 is 2.06 bits per heavy atom. The summed E-state index contributed by atoms with van der Waals surface area (Å²) >= 11 is 0. The first-order chi connectivity index (χ1) is 8.61. The first-order valence-electron chi connectivity index (χ1n) is 6.92. The minimum atomic E-state index is -0.0194. The molecule has 2 aliphatic rings. The van der Waals surface area contributed by atoms with E-state index >= 15 is 0 Å². The van der Waals surface area contributed by atoms with Crippen LogP contribution in [-0.4, -0.2) is 30.0 Å². The molecule has 1 fully saturated rings. The van der Waals surface area contributed by atoms with Crippen LogP contribution >= 0.6 is 0 Å². The summed E-state index contributed by atoms with van der Waals surface area (Å²) in [7, 11) is 2.19. The van der Waals surface area contributed by atoms with Crippen molar-refractivity contribution in [2.45, 2.75) is 44.8 Å². The molecular formula is C15H22N2O. The van der Waals surface area contributed by atoms with Crippen molar-refractivity contribution >= 4 is 0 Å². The Morgan fingerprint density at radius 3 is 2.72 bits per heavy atom. The fourth-order valence-electron chi connectivity index (χ4n) is 3.04. The standard InChI is InChI=1S/C15H22N2O/c1-11(2)14-8-13-12(9-16-14)10-18-15(13)4-6-17(3)7-5-15/h8-9,11H,4-7,10H2,1-3H3. The largest absolute Gasteiger partial charge is 0.365 e. The van der Waals surface area contributed by atoms with Crippen molar-refractivity contribution < 1.29 is 4.74 Å². The summed E-state index contributed by atoms with van der Waals surface area (Å²) in [6, 6.07) is 2.29. The van der Waals surface area contributed by atoms with E-state index < -0.39 is 0 Å². The Hall–Kier alpha value is -0.930. The summed E-state index contributed by atoms with van der Waals surface area (Å²) in [5, 5.41) is 0. The lowest BCUT2D eigenvalue weighted by molar-refractivity contribution is -0.0755. The highest BCUT2D eigenvalue weighted by Gasteiger charge is 2.42. The molecule has 0 aromatic carbocycles. The van der Waals surface area contributed by atoms with Gasteiger partial charge in [-0.25, -0.2) is 0 Å². The average molecular weight is 246 g/mol. The summed E-state index contributed by atoms with van der Waals surface area (Å²) < 4.78 is 6.17. The zero-order valence-electron chi connectivity index (χ0n) is 11.6. The van der Waals surface area contributed by atoms with Crippen LogP contribution in [0.4, 0.5) is 0 Å². The molecule has 3 heteroatoms. The van der Waals surface area contributed by atoms with E-state index in [9.17, 15) is 0 Å². The van der Waals surface area contributed by atoms with E-state index in [0.29, 0.717) is 5.92 Å². The molecule has 3 heterocycles. The Bertz CT molecular complexity index is 448. The fourth-order valence-corrected chi connectivity index (χ4v) is 3.04. The van der Waals surface area contributed by atoms with Gasteiger partial charge in [0, 0.05) is 30.5 Å². The summed E-state index contributed by atoms with van der Waals surface area (Å²) in [6.45, 7) is 7.39. The number of piperidine rings is 1. The number of rotatable bonds is 1. The van der Waals surface area contributed by atoms with Gasteiger partial charge >= 0.3 is 0 Å². The zero-order valence-corrected chi connectivity index (χ0v) is 11.6. The van der Waals surface area contributed by atoms with Crippen LogP contribution < -0.4 is 0 Å². The van der Waals surface area contributed by atoms with E-state index in [1.165, 1.54) is 16.8 Å². The van der Waals surface area contributed by atoms with Crippen LogP contribution in [0.15, 0.2) is 12.3 Å².